The SMILES string of the molecule is CC1(CCCS(=O)(=O)O)C(C=CC=CNc2ccccc2)=[N+](CCCS(=O)(=O)O)c2ccccc21.[Na+]. The van der Waals surface area contributed by atoms with Crippen molar-refractivity contribution in [2.45, 2.75) is 31.6 Å². The van der Waals surface area contributed by atoms with Gasteiger partial charge in [-0.2, -0.15) is 21.4 Å². The van der Waals surface area contributed by atoms with Gasteiger partial charge >= 0.3 is 29.6 Å². The molecule has 0 aliphatic carbocycles. The molecule has 0 saturated heterocycles. The molecule has 11 heteroatoms. The molecule has 0 bridgehead atoms. The average Bonchev–Trinajstić information content (AvgIpc) is 3.01. The Morgan fingerprint density at radius 3 is 2.17 bits per heavy atom. The van der Waals surface area contributed by atoms with Crippen LogP contribution in [0.15, 0.2) is 79.0 Å². The summed E-state index contributed by atoms with van der Waals surface area (Å²) < 4.78 is 65.6. The predicted octanol–water partition coefficient (Wildman–Crippen LogP) is 1.17. The quantitative estimate of drug-likeness (QED) is 0.159. The van der Waals surface area contributed by atoms with E-state index in [-0.39, 0.29) is 53.9 Å². The summed E-state index contributed by atoms with van der Waals surface area (Å²) in [7, 11) is -8.18. The number of benzene rings is 2. The Labute approximate surface area is 235 Å². The summed E-state index contributed by atoms with van der Waals surface area (Å²) in [5.41, 5.74) is 3.17. The summed E-state index contributed by atoms with van der Waals surface area (Å²) in [5, 5.41) is 3.18. The Balaban J connectivity index is 0.00000456. The molecule has 2 aromatic carbocycles. The van der Waals surface area contributed by atoms with Crippen molar-refractivity contribution < 1.29 is 60.1 Å². The van der Waals surface area contributed by atoms with Gasteiger partial charge in [-0.1, -0.05) is 42.5 Å². The maximum absolute atomic E-state index is 11.3. The molecule has 0 aromatic heterocycles. The van der Waals surface area contributed by atoms with Crippen molar-refractivity contribution in [1.82, 2.24) is 0 Å². The van der Waals surface area contributed by atoms with Crippen LogP contribution in [0.25, 0.3) is 0 Å². The van der Waals surface area contributed by atoms with E-state index in [1.807, 2.05) is 84.3 Å². The van der Waals surface area contributed by atoms with Crippen molar-refractivity contribution in [2.24, 2.45) is 0 Å². The third kappa shape index (κ3) is 8.65. The van der Waals surface area contributed by atoms with Gasteiger partial charge in [-0.3, -0.25) is 9.11 Å². The van der Waals surface area contributed by atoms with Crippen LogP contribution in [-0.4, -0.2) is 54.3 Å². The standard InChI is InChI=1S/C25H30N2O6S2.Na/c1-25(16-9-19-34(28,29)30)22-13-5-6-14-23(22)27(18-10-20-35(31,32)33)24(25)15-7-8-17-26-21-11-3-2-4-12-21;/h2-8,11-15,17H,9-10,16,18-20H2,1H3,(H2,28,29,30,31,32,33);/q;+1/p+1. The summed E-state index contributed by atoms with van der Waals surface area (Å²) in [6.45, 7) is 2.38. The molecule has 3 N–H and O–H groups in total. The van der Waals surface area contributed by atoms with Gasteiger partial charge in [0.25, 0.3) is 20.2 Å². The second kappa shape index (κ2) is 13.1. The molecule has 188 valence electrons. The van der Waals surface area contributed by atoms with Crippen LogP contribution in [0, 0.1) is 0 Å². The summed E-state index contributed by atoms with van der Waals surface area (Å²) >= 11 is 0. The molecule has 0 radical (unpaired) electrons. The first kappa shape index (κ1) is 30.4. The molecule has 0 fully saturated rings. The number of nitrogens with zero attached hydrogens (tertiary/aromatic N) is 1. The maximum atomic E-state index is 11.3. The van der Waals surface area contributed by atoms with Gasteiger partial charge in [-0.25, -0.2) is 0 Å². The Bertz CT molecular complexity index is 1340. The zero-order chi connectivity index (χ0) is 25.5. The maximum Gasteiger partial charge on any atom is 1.00 e. The van der Waals surface area contributed by atoms with Gasteiger partial charge in [0.05, 0.1) is 16.9 Å². The normalized spacial score (nSPS) is 18.0. The molecule has 0 spiro atoms. The van der Waals surface area contributed by atoms with Crippen LogP contribution < -0.4 is 34.9 Å². The van der Waals surface area contributed by atoms with E-state index in [1.165, 1.54) is 0 Å². The van der Waals surface area contributed by atoms with E-state index in [4.69, 9.17) is 0 Å². The first-order valence-electron chi connectivity index (χ1n) is 11.3. The molecule has 0 saturated carbocycles. The first-order valence-corrected chi connectivity index (χ1v) is 14.5. The Kier molecular flexibility index (Phi) is 11.1. The number of para-hydroxylation sites is 2. The number of anilines is 1. The Morgan fingerprint density at radius 1 is 0.889 bits per heavy atom. The number of hydrogen-bond donors (Lipinski definition) is 3. The summed E-state index contributed by atoms with van der Waals surface area (Å²) in [6.07, 6.45) is 8.38. The fourth-order valence-corrected chi connectivity index (χ4v) is 5.42. The van der Waals surface area contributed by atoms with Gasteiger partial charge in [0.2, 0.25) is 5.69 Å². The zero-order valence-corrected chi connectivity index (χ0v) is 24.2. The number of hydrogen-bond acceptors (Lipinski definition) is 5. The van der Waals surface area contributed by atoms with Crippen molar-refractivity contribution in [2.75, 3.05) is 23.4 Å². The van der Waals surface area contributed by atoms with Gasteiger partial charge in [-0.15, -0.1) is 0 Å². The molecule has 0 amide bonds. The molecular weight excluding hydrogens is 511 g/mol. The van der Waals surface area contributed by atoms with E-state index in [0.29, 0.717) is 13.0 Å². The second-order valence-electron chi connectivity index (χ2n) is 8.64. The predicted molar refractivity (Wildman–Crippen MR) is 139 cm³/mol. The molecule has 2 aromatic rings. The molecule has 3 rings (SSSR count). The summed E-state index contributed by atoms with van der Waals surface area (Å²) in [4.78, 5) is 0. The minimum atomic E-state index is -4.09. The minimum absolute atomic E-state index is 0. The van der Waals surface area contributed by atoms with Crippen LogP contribution in [0.5, 0.6) is 0 Å². The van der Waals surface area contributed by atoms with E-state index in [9.17, 15) is 25.9 Å². The van der Waals surface area contributed by atoms with Crippen molar-refractivity contribution in [1.29, 1.82) is 0 Å². The molecule has 1 unspecified atom stereocenters. The molecule has 8 nitrogen and oxygen atoms in total. The molecule has 1 aliphatic heterocycles. The zero-order valence-electron chi connectivity index (χ0n) is 20.5. The van der Waals surface area contributed by atoms with Crippen LogP contribution in [0.3, 0.4) is 0 Å². The van der Waals surface area contributed by atoms with Crippen LogP contribution in [0.4, 0.5) is 11.4 Å². The van der Waals surface area contributed by atoms with Gasteiger partial charge in [0, 0.05) is 36.0 Å². The average molecular weight is 543 g/mol. The summed E-state index contributed by atoms with van der Waals surface area (Å²) in [6, 6.07) is 17.4. The van der Waals surface area contributed by atoms with Crippen LogP contribution >= 0.6 is 0 Å². The van der Waals surface area contributed by atoms with Gasteiger partial charge in [0.15, 0.2) is 5.71 Å². The topological polar surface area (TPSA) is 124 Å². The first-order chi connectivity index (χ1) is 16.5. The van der Waals surface area contributed by atoms with Crippen LogP contribution in [0.1, 0.15) is 31.7 Å². The van der Waals surface area contributed by atoms with Gasteiger partial charge in [-0.05, 0) is 38.0 Å². The van der Waals surface area contributed by atoms with Crippen LogP contribution in [0.2, 0.25) is 0 Å². The molecule has 1 heterocycles. The number of nitrogens with one attached hydrogen (secondary N) is 1. The fourth-order valence-electron chi connectivity index (χ4n) is 4.41. The third-order valence-corrected chi connectivity index (χ3v) is 7.60. The number of fused-ring (bicyclic) bond motifs is 1. The summed E-state index contributed by atoms with van der Waals surface area (Å²) in [5.74, 6) is -0.700. The third-order valence-electron chi connectivity index (χ3n) is 5.99. The Hall–Kier alpha value is -1.79. The largest absolute Gasteiger partial charge is 1.00 e. The van der Waals surface area contributed by atoms with E-state index in [0.717, 1.165) is 22.6 Å². The molecular formula is C25H31N2NaO6S2+2. The van der Waals surface area contributed by atoms with Gasteiger partial charge in [0.1, 0.15) is 6.54 Å². The monoisotopic (exact) mass is 542 g/mol. The molecule has 36 heavy (non-hydrogen) atoms. The van der Waals surface area contributed by atoms with Crippen molar-refractivity contribution in [3.05, 3.63) is 84.6 Å². The van der Waals surface area contributed by atoms with Crippen molar-refractivity contribution >= 4 is 37.3 Å². The van der Waals surface area contributed by atoms with E-state index in [1.54, 1.807) is 6.20 Å². The number of rotatable bonds is 12. The van der Waals surface area contributed by atoms with E-state index < -0.39 is 25.7 Å². The van der Waals surface area contributed by atoms with Crippen LogP contribution in [-0.2, 0) is 25.7 Å². The van der Waals surface area contributed by atoms with E-state index in [2.05, 4.69) is 5.32 Å². The molecule has 1 aliphatic rings. The minimum Gasteiger partial charge on any atom is -0.362 e. The van der Waals surface area contributed by atoms with Crippen molar-refractivity contribution in [3.63, 3.8) is 0 Å². The smallest absolute Gasteiger partial charge is 0.362 e. The van der Waals surface area contributed by atoms with Crippen molar-refractivity contribution in [3.8, 4) is 0 Å². The van der Waals surface area contributed by atoms with E-state index >= 15 is 0 Å². The Morgan fingerprint density at radius 2 is 1.50 bits per heavy atom. The van der Waals surface area contributed by atoms with Gasteiger partial charge < -0.3 is 5.32 Å². The second-order valence-corrected chi connectivity index (χ2v) is 11.8. The molecule has 1 atom stereocenters. The fraction of sp³-hybridized carbons (Fsp3) is 0.320. The number of allylic oxidation sites excluding steroid dienone is 3.